The zero-order chi connectivity index (χ0) is 22.5. The number of carbonyl (C=O) groups is 2. The van der Waals surface area contributed by atoms with E-state index in [1.807, 2.05) is 54.6 Å². The van der Waals surface area contributed by atoms with Gasteiger partial charge in [0.2, 0.25) is 0 Å². The van der Waals surface area contributed by atoms with Gasteiger partial charge in [0.05, 0.1) is 10.2 Å². The summed E-state index contributed by atoms with van der Waals surface area (Å²) in [5.74, 6) is -0.732. The number of carbonyl (C=O) groups excluding carboxylic acids is 1. The molecule has 1 unspecified atom stereocenters. The second kappa shape index (κ2) is 9.62. The van der Waals surface area contributed by atoms with E-state index >= 15 is 0 Å². The number of carboxylic acid groups (broad SMARTS) is 1. The molecule has 3 aromatic carbocycles. The van der Waals surface area contributed by atoms with Crippen molar-refractivity contribution in [1.82, 2.24) is 4.57 Å². The molecule has 0 bridgehead atoms. The van der Waals surface area contributed by atoms with Crippen molar-refractivity contribution in [2.24, 2.45) is 4.99 Å². The highest BCUT2D eigenvalue weighted by molar-refractivity contribution is 7.16. The van der Waals surface area contributed by atoms with E-state index in [1.54, 1.807) is 35.8 Å². The first-order chi connectivity index (χ1) is 15.6. The molecule has 4 aromatic rings. The quantitative estimate of drug-likeness (QED) is 0.430. The molecule has 1 N–H and O–H groups in total. The molecule has 1 amide bonds. The molecular weight excluding hydrogens is 424 g/mol. The molecule has 0 fully saturated rings. The van der Waals surface area contributed by atoms with Crippen molar-refractivity contribution in [3.05, 3.63) is 94.8 Å². The van der Waals surface area contributed by atoms with Gasteiger partial charge in [0.25, 0.3) is 5.91 Å². The number of hydrogen-bond donors (Lipinski definition) is 1. The fraction of sp³-hybridized carbons (Fsp3) is 0.160. The molecule has 162 valence electrons. The van der Waals surface area contributed by atoms with Gasteiger partial charge in [0.1, 0.15) is 18.4 Å². The second-order valence-electron chi connectivity index (χ2n) is 7.20. The Bertz CT molecular complexity index is 1310. The van der Waals surface area contributed by atoms with Gasteiger partial charge in [-0.2, -0.15) is 4.99 Å². The highest BCUT2D eigenvalue weighted by Gasteiger charge is 2.22. The molecule has 1 atom stereocenters. The predicted molar refractivity (Wildman–Crippen MR) is 124 cm³/mol. The van der Waals surface area contributed by atoms with E-state index in [0.29, 0.717) is 29.1 Å². The molecule has 32 heavy (non-hydrogen) atoms. The lowest BCUT2D eigenvalue weighted by Gasteiger charge is -2.13. The minimum absolute atomic E-state index is 0.370. The van der Waals surface area contributed by atoms with Crippen LogP contribution in [-0.2, 0) is 11.4 Å². The number of aromatic nitrogens is 1. The van der Waals surface area contributed by atoms with Crippen LogP contribution in [0.5, 0.6) is 5.75 Å². The van der Waals surface area contributed by atoms with E-state index in [1.165, 1.54) is 11.3 Å². The molecule has 7 heteroatoms. The highest BCUT2D eigenvalue weighted by Crippen LogP contribution is 2.23. The number of rotatable bonds is 7. The molecule has 4 rings (SSSR count). The third-order valence-electron chi connectivity index (χ3n) is 5.06. The van der Waals surface area contributed by atoms with Crippen molar-refractivity contribution in [3.63, 3.8) is 0 Å². The molecule has 0 aliphatic rings. The Morgan fingerprint density at radius 2 is 1.69 bits per heavy atom. The van der Waals surface area contributed by atoms with Crippen molar-refractivity contribution >= 4 is 33.4 Å². The topological polar surface area (TPSA) is 80.9 Å². The monoisotopic (exact) mass is 446 g/mol. The number of ether oxygens (including phenoxy) is 1. The van der Waals surface area contributed by atoms with Gasteiger partial charge in [-0.3, -0.25) is 4.79 Å². The standard InChI is InChI=1S/C25H22N2O4S/c1-2-20(24(29)30)27-21-10-6-7-11-22(21)32-25(27)26-23(28)18-12-14-19(15-13-18)31-16-17-8-4-3-5-9-17/h3-15,20H,2,16H2,1H3,(H,29,30)/b26-25-. The minimum Gasteiger partial charge on any atom is -0.489 e. The first kappa shape index (κ1) is 21.5. The fourth-order valence-electron chi connectivity index (χ4n) is 3.42. The maximum absolute atomic E-state index is 12.9. The molecule has 1 heterocycles. The predicted octanol–water partition coefficient (Wildman–Crippen LogP) is 5.06. The van der Waals surface area contributed by atoms with Gasteiger partial charge in [0, 0.05) is 5.56 Å². The van der Waals surface area contributed by atoms with Gasteiger partial charge >= 0.3 is 5.97 Å². The Hall–Kier alpha value is -3.71. The average Bonchev–Trinajstić information content (AvgIpc) is 3.16. The van der Waals surface area contributed by atoms with Crippen molar-refractivity contribution in [2.45, 2.75) is 26.0 Å². The summed E-state index contributed by atoms with van der Waals surface area (Å²) in [6.45, 7) is 2.24. The SMILES string of the molecule is CCC(C(=O)O)n1/c(=N/C(=O)c2ccc(OCc3ccccc3)cc2)sc2ccccc21. The summed E-state index contributed by atoms with van der Waals surface area (Å²) in [7, 11) is 0. The molecule has 1 aromatic heterocycles. The number of para-hydroxylation sites is 1. The molecule has 0 radical (unpaired) electrons. The van der Waals surface area contributed by atoms with E-state index in [4.69, 9.17) is 4.74 Å². The molecular formula is C25H22N2O4S. The lowest BCUT2D eigenvalue weighted by atomic mass is 10.2. The number of aliphatic carboxylic acids is 1. The van der Waals surface area contributed by atoms with E-state index in [2.05, 4.69) is 4.99 Å². The van der Waals surface area contributed by atoms with E-state index in [9.17, 15) is 14.7 Å². The lowest BCUT2D eigenvalue weighted by molar-refractivity contribution is -0.140. The third-order valence-corrected chi connectivity index (χ3v) is 6.10. The summed E-state index contributed by atoms with van der Waals surface area (Å²) in [6.07, 6.45) is 0.380. The smallest absolute Gasteiger partial charge is 0.326 e. The second-order valence-corrected chi connectivity index (χ2v) is 8.21. The Morgan fingerprint density at radius 1 is 1.00 bits per heavy atom. The van der Waals surface area contributed by atoms with Crippen LogP contribution in [0.2, 0.25) is 0 Å². The Balaban J connectivity index is 1.61. The van der Waals surface area contributed by atoms with Crippen LogP contribution in [0.1, 0.15) is 35.3 Å². The van der Waals surface area contributed by atoms with Gasteiger partial charge in [-0.05, 0) is 48.4 Å². The van der Waals surface area contributed by atoms with Crippen molar-refractivity contribution in [2.75, 3.05) is 0 Å². The van der Waals surface area contributed by atoms with Crippen molar-refractivity contribution in [3.8, 4) is 5.75 Å². The largest absolute Gasteiger partial charge is 0.489 e. The minimum atomic E-state index is -0.954. The van der Waals surface area contributed by atoms with Crippen LogP contribution in [0, 0.1) is 0 Å². The molecule has 6 nitrogen and oxygen atoms in total. The number of benzene rings is 3. The van der Waals surface area contributed by atoms with Gasteiger partial charge in [-0.1, -0.05) is 60.7 Å². The summed E-state index contributed by atoms with van der Waals surface area (Å²) >= 11 is 1.30. The van der Waals surface area contributed by atoms with Gasteiger partial charge in [-0.25, -0.2) is 4.79 Å². The van der Waals surface area contributed by atoms with Crippen molar-refractivity contribution in [1.29, 1.82) is 0 Å². The first-order valence-electron chi connectivity index (χ1n) is 10.3. The maximum atomic E-state index is 12.9. The first-order valence-corrected chi connectivity index (χ1v) is 11.1. The zero-order valence-corrected chi connectivity index (χ0v) is 18.3. The molecule has 0 aliphatic heterocycles. The molecule has 0 saturated carbocycles. The summed E-state index contributed by atoms with van der Waals surface area (Å²) < 4.78 is 8.28. The number of amides is 1. The lowest BCUT2D eigenvalue weighted by Crippen LogP contribution is -2.27. The van der Waals surface area contributed by atoms with Gasteiger partial charge in [0.15, 0.2) is 4.80 Å². The number of carboxylic acids is 1. The molecule has 0 aliphatic carbocycles. The third kappa shape index (κ3) is 4.63. The number of thiazole rings is 1. The van der Waals surface area contributed by atoms with Crippen LogP contribution in [-0.4, -0.2) is 21.6 Å². The maximum Gasteiger partial charge on any atom is 0.326 e. The summed E-state index contributed by atoms with van der Waals surface area (Å²) in [5, 5.41) is 9.69. The Kier molecular flexibility index (Phi) is 6.47. The zero-order valence-electron chi connectivity index (χ0n) is 17.5. The molecule has 0 spiro atoms. The van der Waals surface area contributed by atoms with Crippen LogP contribution < -0.4 is 9.54 Å². The van der Waals surface area contributed by atoms with E-state index in [0.717, 1.165) is 15.8 Å². The number of fused-ring (bicyclic) bond motifs is 1. The van der Waals surface area contributed by atoms with E-state index < -0.39 is 17.9 Å². The van der Waals surface area contributed by atoms with Crippen LogP contribution in [0.3, 0.4) is 0 Å². The summed E-state index contributed by atoms with van der Waals surface area (Å²) in [6, 6.07) is 23.3. The number of hydrogen-bond acceptors (Lipinski definition) is 4. The van der Waals surface area contributed by atoms with Crippen molar-refractivity contribution < 1.29 is 19.4 Å². The van der Waals surface area contributed by atoms with E-state index in [-0.39, 0.29) is 0 Å². The molecule has 0 saturated heterocycles. The summed E-state index contributed by atoms with van der Waals surface area (Å²) in [4.78, 5) is 29.3. The number of nitrogens with zero attached hydrogens (tertiary/aromatic N) is 2. The van der Waals surface area contributed by atoms with Gasteiger partial charge in [-0.15, -0.1) is 0 Å². The Labute approximate surface area is 189 Å². The van der Waals surface area contributed by atoms with Crippen LogP contribution in [0.15, 0.2) is 83.9 Å². The normalized spacial score (nSPS) is 12.6. The van der Waals surface area contributed by atoms with Crippen LogP contribution in [0.4, 0.5) is 0 Å². The van der Waals surface area contributed by atoms with Gasteiger partial charge < -0.3 is 14.4 Å². The fourth-order valence-corrected chi connectivity index (χ4v) is 4.49. The van der Waals surface area contributed by atoms with Crippen LogP contribution in [0.25, 0.3) is 10.2 Å². The van der Waals surface area contributed by atoms with Crippen LogP contribution >= 0.6 is 11.3 Å². The highest BCUT2D eigenvalue weighted by atomic mass is 32.1. The Morgan fingerprint density at radius 3 is 2.38 bits per heavy atom. The average molecular weight is 447 g/mol. The summed E-state index contributed by atoms with van der Waals surface area (Å²) in [5.41, 5.74) is 2.22.